The Morgan fingerprint density at radius 1 is 1.38 bits per heavy atom. The van der Waals surface area contributed by atoms with Crippen LogP contribution in [0.15, 0.2) is 35.3 Å². The van der Waals surface area contributed by atoms with Crippen molar-refractivity contribution in [3.8, 4) is 0 Å². The standard InChI is InChI=1S/C21H26N4O4/c1-14-8-19(25(27)28)12-23-21(14)24-17-3-4-18(24)10-16(9-17)11-22-20(26)5-2-15-6-7-29-13-15/h6-8,12-13,16-18H,2-5,9-11H2,1H3,(H,22,26)/t16?,17-,18+. The van der Waals surface area contributed by atoms with Crippen molar-refractivity contribution in [2.75, 3.05) is 11.4 Å². The van der Waals surface area contributed by atoms with Gasteiger partial charge in [-0.3, -0.25) is 14.9 Å². The molecule has 1 amide bonds. The maximum absolute atomic E-state index is 12.2. The van der Waals surface area contributed by atoms with Crippen LogP contribution in [0.5, 0.6) is 0 Å². The molecule has 2 aromatic heterocycles. The summed E-state index contributed by atoms with van der Waals surface area (Å²) >= 11 is 0. The van der Waals surface area contributed by atoms with Gasteiger partial charge in [-0.2, -0.15) is 0 Å². The molecular formula is C21H26N4O4. The van der Waals surface area contributed by atoms with Crippen LogP contribution in [-0.2, 0) is 11.2 Å². The van der Waals surface area contributed by atoms with Crippen molar-refractivity contribution < 1.29 is 14.1 Å². The van der Waals surface area contributed by atoms with E-state index in [1.165, 1.54) is 6.20 Å². The molecule has 8 nitrogen and oxygen atoms in total. The van der Waals surface area contributed by atoms with Gasteiger partial charge in [0, 0.05) is 31.1 Å². The number of nitrogens with one attached hydrogen (secondary N) is 1. The third-order valence-corrected chi connectivity index (χ3v) is 6.13. The normalized spacial score (nSPS) is 23.2. The number of carbonyl (C=O) groups is 1. The SMILES string of the molecule is Cc1cc([N+](=O)[O-])cnc1N1[C@@H]2CC[C@H]1CC(CNC(=O)CCc1ccoc1)C2. The Morgan fingerprint density at radius 3 is 2.76 bits per heavy atom. The molecular weight excluding hydrogens is 372 g/mol. The zero-order chi connectivity index (χ0) is 20.4. The molecule has 2 saturated heterocycles. The summed E-state index contributed by atoms with van der Waals surface area (Å²) in [5.74, 6) is 1.40. The van der Waals surface area contributed by atoms with E-state index in [-0.39, 0.29) is 11.6 Å². The Morgan fingerprint density at radius 2 is 2.14 bits per heavy atom. The number of fused-ring (bicyclic) bond motifs is 2. The van der Waals surface area contributed by atoms with E-state index in [4.69, 9.17) is 4.42 Å². The van der Waals surface area contributed by atoms with Crippen LogP contribution in [0.3, 0.4) is 0 Å². The number of hydrogen-bond donors (Lipinski definition) is 1. The van der Waals surface area contributed by atoms with Gasteiger partial charge >= 0.3 is 0 Å². The average molecular weight is 398 g/mol. The fourth-order valence-electron chi connectivity index (χ4n) is 4.76. The lowest BCUT2D eigenvalue weighted by molar-refractivity contribution is -0.385. The Balaban J connectivity index is 1.32. The minimum Gasteiger partial charge on any atom is -0.472 e. The van der Waals surface area contributed by atoms with E-state index < -0.39 is 4.92 Å². The number of aryl methyl sites for hydroxylation is 2. The Hall–Kier alpha value is -2.90. The molecule has 0 saturated carbocycles. The van der Waals surface area contributed by atoms with E-state index >= 15 is 0 Å². The maximum atomic E-state index is 12.2. The molecule has 1 unspecified atom stereocenters. The molecule has 2 fully saturated rings. The van der Waals surface area contributed by atoms with Crippen LogP contribution in [0.1, 0.15) is 43.2 Å². The number of amides is 1. The Kier molecular flexibility index (Phi) is 5.51. The summed E-state index contributed by atoms with van der Waals surface area (Å²) in [5.41, 5.74) is 1.92. The smallest absolute Gasteiger partial charge is 0.287 e. The second-order valence-corrected chi connectivity index (χ2v) is 8.16. The zero-order valence-corrected chi connectivity index (χ0v) is 16.5. The topological polar surface area (TPSA) is 102 Å². The first-order valence-corrected chi connectivity index (χ1v) is 10.2. The van der Waals surface area contributed by atoms with Gasteiger partial charge in [-0.15, -0.1) is 0 Å². The first-order chi connectivity index (χ1) is 14.0. The second kappa shape index (κ2) is 8.23. The summed E-state index contributed by atoms with van der Waals surface area (Å²) in [4.78, 5) is 29.5. The summed E-state index contributed by atoms with van der Waals surface area (Å²) in [6, 6.07) is 4.26. The number of pyridine rings is 1. The Bertz CT molecular complexity index is 869. The minimum atomic E-state index is -0.403. The third kappa shape index (κ3) is 4.26. The van der Waals surface area contributed by atoms with E-state index in [0.29, 0.717) is 37.4 Å². The zero-order valence-electron chi connectivity index (χ0n) is 16.5. The molecule has 1 N–H and O–H groups in total. The lowest BCUT2D eigenvalue weighted by atomic mass is 9.90. The van der Waals surface area contributed by atoms with Crippen molar-refractivity contribution in [3.05, 3.63) is 52.1 Å². The highest BCUT2D eigenvalue weighted by molar-refractivity contribution is 5.76. The minimum absolute atomic E-state index is 0.0339. The van der Waals surface area contributed by atoms with Gasteiger partial charge in [-0.05, 0) is 62.1 Å². The molecule has 29 heavy (non-hydrogen) atoms. The van der Waals surface area contributed by atoms with Gasteiger partial charge < -0.3 is 14.6 Å². The van der Waals surface area contributed by atoms with Gasteiger partial charge in [0.2, 0.25) is 5.91 Å². The molecule has 0 aliphatic carbocycles. The predicted molar refractivity (Wildman–Crippen MR) is 108 cm³/mol. The highest BCUT2D eigenvalue weighted by atomic mass is 16.6. The Labute approximate surface area is 169 Å². The van der Waals surface area contributed by atoms with Gasteiger partial charge in [0.05, 0.1) is 17.4 Å². The van der Waals surface area contributed by atoms with Crippen LogP contribution in [0.25, 0.3) is 0 Å². The van der Waals surface area contributed by atoms with Crippen molar-refractivity contribution >= 4 is 17.4 Å². The van der Waals surface area contributed by atoms with Gasteiger partial charge in [-0.1, -0.05) is 0 Å². The largest absolute Gasteiger partial charge is 0.472 e. The maximum Gasteiger partial charge on any atom is 0.287 e. The molecule has 2 aliphatic heterocycles. The summed E-state index contributed by atoms with van der Waals surface area (Å²) < 4.78 is 5.03. The summed E-state index contributed by atoms with van der Waals surface area (Å²) in [5, 5.41) is 14.1. The van der Waals surface area contributed by atoms with Crippen LogP contribution in [0.2, 0.25) is 0 Å². The number of furan rings is 1. The molecule has 2 bridgehead atoms. The van der Waals surface area contributed by atoms with Crippen molar-refractivity contribution in [1.82, 2.24) is 10.3 Å². The van der Waals surface area contributed by atoms with Crippen LogP contribution >= 0.6 is 0 Å². The van der Waals surface area contributed by atoms with Crippen LogP contribution in [0.4, 0.5) is 11.5 Å². The van der Waals surface area contributed by atoms with Crippen LogP contribution < -0.4 is 10.2 Å². The van der Waals surface area contributed by atoms with Crippen molar-refractivity contribution in [2.24, 2.45) is 5.92 Å². The van der Waals surface area contributed by atoms with E-state index in [9.17, 15) is 14.9 Å². The van der Waals surface area contributed by atoms with E-state index in [1.807, 2.05) is 13.0 Å². The van der Waals surface area contributed by atoms with Gasteiger partial charge in [0.1, 0.15) is 12.0 Å². The predicted octanol–water partition coefficient (Wildman–Crippen LogP) is 3.39. The van der Waals surface area contributed by atoms with Crippen molar-refractivity contribution in [2.45, 2.75) is 57.5 Å². The number of nitro groups is 1. The molecule has 0 spiro atoms. The van der Waals surface area contributed by atoms with Gasteiger partial charge in [-0.25, -0.2) is 4.98 Å². The van der Waals surface area contributed by atoms with Crippen molar-refractivity contribution in [1.29, 1.82) is 0 Å². The fourth-order valence-corrected chi connectivity index (χ4v) is 4.76. The number of piperidine rings is 1. The van der Waals surface area contributed by atoms with Crippen molar-refractivity contribution in [3.63, 3.8) is 0 Å². The lowest BCUT2D eigenvalue weighted by Gasteiger charge is -2.40. The van der Waals surface area contributed by atoms with Crippen LogP contribution in [0, 0.1) is 23.0 Å². The number of rotatable bonds is 7. The molecule has 0 radical (unpaired) electrons. The first kappa shape index (κ1) is 19.4. The molecule has 3 atom stereocenters. The molecule has 0 aromatic carbocycles. The summed E-state index contributed by atoms with van der Waals surface area (Å²) in [7, 11) is 0. The number of hydrogen-bond acceptors (Lipinski definition) is 6. The highest BCUT2D eigenvalue weighted by Gasteiger charge is 2.41. The lowest BCUT2D eigenvalue weighted by Crippen LogP contribution is -2.46. The fraction of sp³-hybridized carbons (Fsp3) is 0.524. The summed E-state index contributed by atoms with van der Waals surface area (Å²) in [6.45, 7) is 2.60. The average Bonchev–Trinajstić information content (AvgIpc) is 3.30. The first-order valence-electron chi connectivity index (χ1n) is 10.2. The monoisotopic (exact) mass is 398 g/mol. The van der Waals surface area contributed by atoms with E-state index in [1.54, 1.807) is 18.6 Å². The van der Waals surface area contributed by atoms with Gasteiger partial charge in [0.25, 0.3) is 5.69 Å². The number of carbonyl (C=O) groups excluding carboxylic acids is 1. The van der Waals surface area contributed by atoms with Crippen LogP contribution in [-0.4, -0.2) is 34.4 Å². The number of anilines is 1. The number of aromatic nitrogens is 1. The molecule has 2 aromatic rings. The van der Waals surface area contributed by atoms with E-state index in [2.05, 4.69) is 15.2 Å². The molecule has 4 heterocycles. The van der Waals surface area contributed by atoms with Gasteiger partial charge in [0.15, 0.2) is 0 Å². The summed E-state index contributed by atoms with van der Waals surface area (Å²) in [6.07, 6.45) is 10.0. The molecule has 154 valence electrons. The molecule has 4 rings (SSSR count). The van der Waals surface area contributed by atoms with E-state index in [0.717, 1.165) is 42.6 Å². The second-order valence-electron chi connectivity index (χ2n) is 8.16. The number of nitrogens with zero attached hydrogens (tertiary/aromatic N) is 3. The molecule has 2 aliphatic rings. The third-order valence-electron chi connectivity index (χ3n) is 6.13. The highest BCUT2D eigenvalue weighted by Crippen LogP contribution is 2.42. The quantitative estimate of drug-likeness (QED) is 0.567. The molecule has 8 heteroatoms.